The van der Waals surface area contributed by atoms with Crippen LogP contribution in [0.1, 0.15) is 20.8 Å². The first kappa shape index (κ1) is 15.7. The van der Waals surface area contributed by atoms with Gasteiger partial charge in [0.2, 0.25) is 0 Å². The number of imidazole rings is 1. The van der Waals surface area contributed by atoms with Gasteiger partial charge in [-0.15, -0.1) is 0 Å². The minimum absolute atomic E-state index is 0.184. The van der Waals surface area contributed by atoms with Crippen LogP contribution in [0.25, 0.3) is 16.7 Å². The third-order valence-electron chi connectivity index (χ3n) is 3.18. The molecule has 0 N–H and O–H groups in total. The second kappa shape index (κ2) is 5.44. The van der Waals surface area contributed by atoms with Crippen molar-refractivity contribution >= 4 is 22.8 Å². The topological polar surface area (TPSA) is 105 Å². The zero-order valence-corrected chi connectivity index (χ0v) is 13.3. The molecule has 1 aromatic carbocycles. The number of fused-ring (bicyclic) bond motifs is 1. The van der Waals surface area contributed by atoms with Gasteiger partial charge in [0, 0.05) is 18.5 Å². The van der Waals surface area contributed by atoms with E-state index in [0.29, 0.717) is 11.0 Å². The number of nitro groups is 1. The number of hydrogen-bond donors (Lipinski definition) is 0. The number of carbonyl (C=O) groups excluding carboxylic acids is 1. The van der Waals surface area contributed by atoms with Crippen molar-refractivity contribution in [3.05, 3.63) is 47.0 Å². The predicted molar refractivity (Wildman–Crippen MR) is 85.1 cm³/mol. The molecule has 0 atom stereocenters. The van der Waals surface area contributed by atoms with E-state index >= 15 is 0 Å². The van der Waals surface area contributed by atoms with Crippen LogP contribution in [-0.2, 0) is 4.74 Å². The maximum Gasteiger partial charge on any atom is 0.420 e. The normalized spacial score (nSPS) is 11.6. The largest absolute Gasteiger partial charge is 0.443 e. The summed E-state index contributed by atoms with van der Waals surface area (Å²) in [7, 11) is 0. The molecule has 3 aromatic rings. The molecular weight excluding hydrogens is 314 g/mol. The minimum Gasteiger partial charge on any atom is -0.443 e. The van der Waals surface area contributed by atoms with E-state index in [9.17, 15) is 14.9 Å². The van der Waals surface area contributed by atoms with Crippen LogP contribution in [0.5, 0.6) is 0 Å². The molecule has 0 fully saturated rings. The van der Waals surface area contributed by atoms with E-state index in [0.717, 1.165) is 4.57 Å². The first-order chi connectivity index (χ1) is 11.3. The van der Waals surface area contributed by atoms with Gasteiger partial charge in [0.15, 0.2) is 0 Å². The fourth-order valence-electron chi connectivity index (χ4n) is 2.23. The SMILES string of the molecule is CC(C)(C)OC(=O)n1cnc2cc(-n3cccn3)c([N+](=O)[O-])cc21. The molecular formula is C15H15N5O4. The maximum atomic E-state index is 12.2. The van der Waals surface area contributed by atoms with Crippen LogP contribution >= 0.6 is 0 Å². The van der Waals surface area contributed by atoms with Crippen LogP contribution in [-0.4, -0.2) is 35.9 Å². The van der Waals surface area contributed by atoms with Crippen LogP contribution in [0.15, 0.2) is 36.9 Å². The van der Waals surface area contributed by atoms with E-state index in [1.54, 1.807) is 33.0 Å². The summed E-state index contributed by atoms with van der Waals surface area (Å²) in [4.78, 5) is 27.3. The Balaban J connectivity index is 2.15. The highest BCUT2D eigenvalue weighted by Crippen LogP contribution is 2.28. The first-order valence-electron chi connectivity index (χ1n) is 7.15. The quantitative estimate of drug-likeness (QED) is 0.529. The van der Waals surface area contributed by atoms with Gasteiger partial charge in [0.1, 0.15) is 17.6 Å². The Morgan fingerprint density at radius 1 is 1.33 bits per heavy atom. The molecule has 0 bridgehead atoms. The van der Waals surface area contributed by atoms with Gasteiger partial charge in [-0.1, -0.05) is 0 Å². The lowest BCUT2D eigenvalue weighted by atomic mass is 10.2. The van der Waals surface area contributed by atoms with Gasteiger partial charge >= 0.3 is 6.09 Å². The Labute approximate surface area is 136 Å². The molecule has 2 heterocycles. The number of aromatic nitrogens is 4. The monoisotopic (exact) mass is 329 g/mol. The summed E-state index contributed by atoms with van der Waals surface area (Å²) in [5, 5.41) is 15.4. The van der Waals surface area contributed by atoms with Gasteiger partial charge in [-0.25, -0.2) is 19.0 Å². The van der Waals surface area contributed by atoms with E-state index in [4.69, 9.17) is 4.74 Å². The highest BCUT2D eigenvalue weighted by molar-refractivity contribution is 5.90. The molecule has 2 aromatic heterocycles. The van der Waals surface area contributed by atoms with Crippen molar-refractivity contribution in [1.82, 2.24) is 19.3 Å². The third kappa shape index (κ3) is 2.83. The van der Waals surface area contributed by atoms with Crippen molar-refractivity contribution in [3.8, 4) is 5.69 Å². The van der Waals surface area contributed by atoms with Gasteiger partial charge in [0.25, 0.3) is 5.69 Å². The molecule has 0 aliphatic carbocycles. The van der Waals surface area contributed by atoms with Crippen molar-refractivity contribution in [1.29, 1.82) is 0 Å². The van der Waals surface area contributed by atoms with Crippen LogP contribution in [0, 0.1) is 10.1 Å². The van der Waals surface area contributed by atoms with Crippen molar-refractivity contribution in [3.63, 3.8) is 0 Å². The van der Waals surface area contributed by atoms with Crippen LogP contribution < -0.4 is 0 Å². The number of nitrogens with zero attached hydrogens (tertiary/aromatic N) is 5. The number of carbonyl (C=O) groups is 1. The Morgan fingerprint density at radius 2 is 2.08 bits per heavy atom. The summed E-state index contributed by atoms with van der Waals surface area (Å²) in [6.07, 6.45) is 3.76. The number of benzene rings is 1. The van der Waals surface area contributed by atoms with Gasteiger partial charge in [-0.05, 0) is 32.9 Å². The Bertz CT molecular complexity index is 921. The molecule has 124 valence electrons. The smallest absolute Gasteiger partial charge is 0.420 e. The fraction of sp³-hybridized carbons (Fsp3) is 0.267. The van der Waals surface area contributed by atoms with E-state index < -0.39 is 16.6 Å². The first-order valence-corrected chi connectivity index (χ1v) is 7.15. The van der Waals surface area contributed by atoms with Crippen molar-refractivity contribution < 1.29 is 14.5 Å². The summed E-state index contributed by atoms with van der Waals surface area (Å²) in [5.41, 5.74) is 0.126. The molecule has 0 saturated carbocycles. The zero-order chi connectivity index (χ0) is 17.5. The Morgan fingerprint density at radius 3 is 2.67 bits per heavy atom. The molecule has 24 heavy (non-hydrogen) atoms. The molecule has 0 spiro atoms. The number of nitro benzene ring substituents is 1. The average molecular weight is 329 g/mol. The lowest BCUT2D eigenvalue weighted by molar-refractivity contribution is -0.384. The molecule has 9 heteroatoms. The molecule has 0 saturated heterocycles. The number of hydrogen-bond acceptors (Lipinski definition) is 6. The highest BCUT2D eigenvalue weighted by atomic mass is 16.6. The Kier molecular flexibility index (Phi) is 3.55. The molecule has 9 nitrogen and oxygen atoms in total. The highest BCUT2D eigenvalue weighted by Gasteiger charge is 2.23. The second-order valence-corrected chi connectivity index (χ2v) is 6.13. The lowest BCUT2D eigenvalue weighted by Crippen LogP contribution is -2.26. The number of rotatable bonds is 2. The van der Waals surface area contributed by atoms with Crippen LogP contribution in [0.4, 0.5) is 10.5 Å². The second-order valence-electron chi connectivity index (χ2n) is 6.13. The molecule has 0 unspecified atom stereocenters. The third-order valence-corrected chi connectivity index (χ3v) is 3.18. The van der Waals surface area contributed by atoms with Gasteiger partial charge in [0.05, 0.1) is 16.0 Å². The zero-order valence-electron chi connectivity index (χ0n) is 13.3. The summed E-state index contributed by atoms with van der Waals surface area (Å²) in [5.74, 6) is 0. The van der Waals surface area contributed by atoms with E-state index in [1.807, 2.05) is 0 Å². The van der Waals surface area contributed by atoms with Gasteiger partial charge in [-0.2, -0.15) is 5.10 Å². The van der Waals surface area contributed by atoms with Crippen LogP contribution in [0.2, 0.25) is 0 Å². The fourth-order valence-corrected chi connectivity index (χ4v) is 2.23. The van der Waals surface area contributed by atoms with Crippen molar-refractivity contribution in [2.45, 2.75) is 26.4 Å². The molecule has 0 radical (unpaired) electrons. The van der Waals surface area contributed by atoms with Crippen LogP contribution in [0.3, 0.4) is 0 Å². The summed E-state index contributed by atoms with van der Waals surface area (Å²) in [6, 6.07) is 4.47. The lowest BCUT2D eigenvalue weighted by Gasteiger charge is -2.19. The molecule has 0 aliphatic heterocycles. The average Bonchev–Trinajstić information content (AvgIpc) is 3.13. The standard InChI is InChI=1S/C15H15N5O4/c1-15(2,3)24-14(21)18-9-16-10-7-12(19-6-4-5-17-19)13(20(22)23)8-11(10)18/h4-9H,1-3H3. The van der Waals surface area contributed by atoms with Gasteiger partial charge in [-0.3, -0.25) is 10.1 Å². The Hall–Kier alpha value is -3.23. The summed E-state index contributed by atoms with van der Waals surface area (Å²) in [6.45, 7) is 5.22. The molecule has 3 rings (SSSR count). The van der Waals surface area contributed by atoms with E-state index in [2.05, 4.69) is 10.1 Å². The van der Waals surface area contributed by atoms with Crippen molar-refractivity contribution in [2.75, 3.05) is 0 Å². The maximum absolute atomic E-state index is 12.2. The van der Waals surface area contributed by atoms with E-state index in [-0.39, 0.29) is 11.4 Å². The summed E-state index contributed by atoms with van der Waals surface area (Å²) < 4.78 is 7.82. The minimum atomic E-state index is -0.686. The van der Waals surface area contributed by atoms with E-state index in [1.165, 1.54) is 29.3 Å². The molecule has 0 aliphatic rings. The predicted octanol–water partition coefficient (Wildman–Crippen LogP) is 2.91. The van der Waals surface area contributed by atoms with Crippen molar-refractivity contribution in [2.24, 2.45) is 0 Å². The van der Waals surface area contributed by atoms with Gasteiger partial charge < -0.3 is 4.74 Å². The number of ether oxygens (including phenoxy) is 1. The molecule has 0 amide bonds. The summed E-state index contributed by atoms with van der Waals surface area (Å²) >= 11 is 0.